The number of anilines is 4. The number of carbonyl (C=O) groups excluding carboxylic acids is 1. The van der Waals surface area contributed by atoms with Crippen molar-refractivity contribution >= 4 is 40.1 Å². The van der Waals surface area contributed by atoms with E-state index < -0.39 is 5.76 Å². The number of nitrogens with zero attached hydrogens (tertiary/aromatic N) is 3. The van der Waals surface area contributed by atoms with Gasteiger partial charge in [0.1, 0.15) is 11.6 Å². The third-order valence-corrected chi connectivity index (χ3v) is 4.75. The molecule has 3 N–H and O–H groups in total. The molecule has 10 nitrogen and oxygen atoms in total. The van der Waals surface area contributed by atoms with Crippen LogP contribution >= 0.6 is 0 Å². The summed E-state index contributed by atoms with van der Waals surface area (Å²) in [4.78, 5) is 36.8. The van der Waals surface area contributed by atoms with Gasteiger partial charge < -0.3 is 24.7 Å². The molecule has 0 aliphatic heterocycles. The third-order valence-electron chi connectivity index (χ3n) is 4.75. The number of methoxy groups -OCH3 is 1. The predicted octanol–water partition coefficient (Wildman–Crippen LogP) is 3.42. The summed E-state index contributed by atoms with van der Waals surface area (Å²) in [5.41, 5.74) is 3.69. The number of aromatic amines is 1. The molecule has 0 spiro atoms. The minimum Gasteiger partial charge on any atom is -0.496 e. The maximum absolute atomic E-state index is 12.5. The van der Waals surface area contributed by atoms with Gasteiger partial charge >= 0.3 is 5.76 Å². The second-order valence-corrected chi connectivity index (χ2v) is 7.32. The van der Waals surface area contributed by atoms with E-state index in [2.05, 4.69) is 25.6 Å². The number of carbonyl (C=O) groups is 1. The number of aromatic nitrogens is 3. The van der Waals surface area contributed by atoms with Crippen LogP contribution in [0.4, 0.5) is 23.1 Å². The molecule has 0 aliphatic rings. The van der Waals surface area contributed by atoms with Crippen LogP contribution in [-0.4, -0.2) is 47.0 Å². The van der Waals surface area contributed by atoms with Gasteiger partial charge in [-0.25, -0.2) is 9.78 Å². The Bertz CT molecular complexity index is 1360. The number of rotatable bonds is 6. The smallest absolute Gasteiger partial charge is 0.417 e. The second-order valence-electron chi connectivity index (χ2n) is 7.32. The molecule has 0 fully saturated rings. The van der Waals surface area contributed by atoms with Crippen molar-refractivity contribution in [2.75, 3.05) is 31.8 Å². The van der Waals surface area contributed by atoms with Gasteiger partial charge in [0.05, 0.1) is 18.2 Å². The Balaban J connectivity index is 1.60. The Morgan fingerprint density at radius 1 is 1.12 bits per heavy atom. The summed E-state index contributed by atoms with van der Waals surface area (Å²) in [5.74, 6) is 0.739. The van der Waals surface area contributed by atoms with E-state index >= 15 is 0 Å². The number of oxazole rings is 1. The maximum atomic E-state index is 12.5. The maximum Gasteiger partial charge on any atom is 0.417 e. The Labute approximate surface area is 183 Å². The first-order valence-corrected chi connectivity index (χ1v) is 9.74. The highest BCUT2D eigenvalue weighted by atomic mass is 16.5. The van der Waals surface area contributed by atoms with Crippen LogP contribution in [0.1, 0.15) is 15.9 Å². The lowest BCUT2D eigenvalue weighted by atomic mass is 10.1. The average Bonchev–Trinajstić information content (AvgIpc) is 3.14. The summed E-state index contributed by atoms with van der Waals surface area (Å²) in [7, 11) is 4.88. The monoisotopic (exact) mass is 434 g/mol. The molecule has 0 atom stereocenters. The fraction of sp³-hybridized carbons (Fsp3) is 0.182. The number of amides is 1. The fourth-order valence-corrected chi connectivity index (χ4v) is 3.12. The van der Waals surface area contributed by atoms with E-state index in [4.69, 9.17) is 9.15 Å². The highest BCUT2D eigenvalue weighted by Gasteiger charge is 2.15. The first kappa shape index (κ1) is 20.9. The summed E-state index contributed by atoms with van der Waals surface area (Å²) in [6.45, 7) is 1.88. The Morgan fingerprint density at radius 3 is 2.62 bits per heavy atom. The normalized spacial score (nSPS) is 10.8. The van der Waals surface area contributed by atoms with E-state index in [9.17, 15) is 9.59 Å². The van der Waals surface area contributed by atoms with Gasteiger partial charge in [0.25, 0.3) is 5.91 Å². The van der Waals surface area contributed by atoms with Crippen molar-refractivity contribution in [1.29, 1.82) is 0 Å². The predicted molar refractivity (Wildman–Crippen MR) is 121 cm³/mol. The van der Waals surface area contributed by atoms with Gasteiger partial charge in [-0.3, -0.25) is 9.78 Å². The van der Waals surface area contributed by atoms with Gasteiger partial charge in [-0.1, -0.05) is 0 Å². The fourth-order valence-electron chi connectivity index (χ4n) is 3.12. The first-order valence-electron chi connectivity index (χ1n) is 9.74. The molecular formula is C22H22N6O4. The topological polar surface area (TPSA) is 125 Å². The molecule has 2 aromatic carbocycles. The molecular weight excluding hydrogens is 412 g/mol. The van der Waals surface area contributed by atoms with Gasteiger partial charge in [0, 0.05) is 37.2 Å². The molecule has 164 valence electrons. The average molecular weight is 434 g/mol. The van der Waals surface area contributed by atoms with Crippen molar-refractivity contribution in [1.82, 2.24) is 19.9 Å². The Kier molecular flexibility index (Phi) is 5.50. The zero-order valence-corrected chi connectivity index (χ0v) is 18.0. The number of hydrogen-bond donors (Lipinski definition) is 3. The molecule has 0 bridgehead atoms. The molecule has 4 rings (SSSR count). The summed E-state index contributed by atoms with van der Waals surface area (Å²) in [6, 6.07) is 10.4. The van der Waals surface area contributed by atoms with Crippen LogP contribution in [0.15, 0.2) is 51.8 Å². The number of H-pyrrole nitrogens is 1. The molecule has 4 aromatic rings. The molecule has 0 aliphatic carbocycles. The molecule has 0 radical (unpaired) electrons. The molecule has 0 saturated carbocycles. The number of aryl methyl sites for hydroxylation is 1. The first-order chi connectivity index (χ1) is 15.3. The van der Waals surface area contributed by atoms with E-state index in [-0.39, 0.29) is 5.91 Å². The van der Waals surface area contributed by atoms with Crippen LogP contribution in [0.2, 0.25) is 0 Å². The molecule has 2 aromatic heterocycles. The molecule has 1 amide bonds. The Morgan fingerprint density at radius 2 is 1.88 bits per heavy atom. The summed E-state index contributed by atoms with van der Waals surface area (Å²) >= 11 is 0. The van der Waals surface area contributed by atoms with Crippen LogP contribution < -0.4 is 21.1 Å². The van der Waals surface area contributed by atoms with Crippen LogP contribution in [0.3, 0.4) is 0 Å². The SMILES string of the molecule is COc1ccc(Nc2ncc(C)c(Nc3ccc4oc(=O)[nH]c4c3)n2)cc1C(=O)N(C)C. The van der Waals surface area contributed by atoms with Crippen LogP contribution in [0.25, 0.3) is 11.1 Å². The lowest BCUT2D eigenvalue weighted by Crippen LogP contribution is -2.22. The summed E-state index contributed by atoms with van der Waals surface area (Å²) in [5, 5.41) is 6.35. The van der Waals surface area contributed by atoms with Gasteiger partial charge in [0.2, 0.25) is 5.95 Å². The molecule has 0 unspecified atom stereocenters. The van der Waals surface area contributed by atoms with Crippen molar-refractivity contribution in [2.24, 2.45) is 0 Å². The highest BCUT2D eigenvalue weighted by Crippen LogP contribution is 2.27. The summed E-state index contributed by atoms with van der Waals surface area (Å²) in [6.07, 6.45) is 1.69. The lowest BCUT2D eigenvalue weighted by molar-refractivity contribution is 0.0824. The van der Waals surface area contributed by atoms with E-state index in [1.807, 2.05) is 6.92 Å². The number of ether oxygens (including phenoxy) is 1. The summed E-state index contributed by atoms with van der Waals surface area (Å²) < 4.78 is 10.3. The Hall–Kier alpha value is -4.34. The van der Waals surface area contributed by atoms with Crippen LogP contribution in [0, 0.1) is 6.92 Å². The van der Waals surface area contributed by atoms with Crippen LogP contribution in [-0.2, 0) is 0 Å². The highest BCUT2D eigenvalue weighted by molar-refractivity contribution is 5.97. The number of fused-ring (bicyclic) bond motifs is 1. The molecule has 32 heavy (non-hydrogen) atoms. The molecule has 10 heteroatoms. The van der Waals surface area contributed by atoms with Crippen molar-refractivity contribution in [3.63, 3.8) is 0 Å². The number of hydrogen-bond acceptors (Lipinski definition) is 8. The standard InChI is InChI=1S/C22H22N6O4/c1-12-11-23-21(25-13-5-7-17(31-4)15(9-13)20(29)28(2)3)27-19(12)24-14-6-8-18-16(10-14)26-22(30)32-18/h5-11H,1-4H3,(H,26,30)(H2,23,24,25,27). The van der Waals surface area contributed by atoms with Crippen molar-refractivity contribution in [3.8, 4) is 5.75 Å². The van der Waals surface area contributed by atoms with E-state index in [0.29, 0.717) is 39.9 Å². The number of nitrogens with one attached hydrogen (secondary N) is 3. The van der Waals surface area contributed by atoms with Gasteiger partial charge in [-0.15, -0.1) is 0 Å². The third kappa shape index (κ3) is 4.24. The quantitative estimate of drug-likeness (QED) is 0.422. The van der Waals surface area contributed by atoms with Crippen molar-refractivity contribution in [2.45, 2.75) is 6.92 Å². The van der Waals surface area contributed by atoms with Crippen molar-refractivity contribution < 1.29 is 13.9 Å². The van der Waals surface area contributed by atoms with Gasteiger partial charge in [-0.2, -0.15) is 4.98 Å². The molecule has 0 saturated heterocycles. The van der Waals surface area contributed by atoms with Crippen molar-refractivity contribution in [3.05, 3.63) is 64.3 Å². The number of benzene rings is 2. The van der Waals surface area contributed by atoms with Gasteiger partial charge in [-0.05, 0) is 43.3 Å². The second kappa shape index (κ2) is 8.42. The zero-order valence-electron chi connectivity index (χ0n) is 18.0. The van der Waals surface area contributed by atoms with E-state index in [0.717, 1.165) is 11.3 Å². The lowest BCUT2D eigenvalue weighted by Gasteiger charge is -2.15. The van der Waals surface area contributed by atoms with E-state index in [1.165, 1.54) is 12.0 Å². The van der Waals surface area contributed by atoms with E-state index in [1.54, 1.807) is 56.7 Å². The van der Waals surface area contributed by atoms with Crippen LogP contribution in [0.5, 0.6) is 5.75 Å². The largest absolute Gasteiger partial charge is 0.496 e. The zero-order chi connectivity index (χ0) is 22.8. The minimum atomic E-state index is -0.506. The van der Waals surface area contributed by atoms with Gasteiger partial charge in [0.15, 0.2) is 5.58 Å². The molecule has 2 heterocycles. The minimum absolute atomic E-state index is 0.176.